The Kier molecular flexibility index (Phi) is 1.57. The first-order chi connectivity index (χ1) is 5.77. The molecule has 62 valence electrons. The molecule has 1 aromatic heterocycles. The van der Waals surface area contributed by atoms with Gasteiger partial charge in [-0.3, -0.25) is 0 Å². The first-order valence-electron chi connectivity index (χ1n) is 4.03. The van der Waals surface area contributed by atoms with E-state index in [4.69, 9.17) is 0 Å². The van der Waals surface area contributed by atoms with Gasteiger partial charge in [0.25, 0.3) is 0 Å². The van der Waals surface area contributed by atoms with Gasteiger partial charge in [-0.25, -0.2) is 4.57 Å². The Morgan fingerprint density at radius 2 is 2.33 bits per heavy atom. The highest BCUT2D eigenvalue weighted by Crippen LogP contribution is 2.09. The monoisotopic (exact) mass is 162 g/mol. The lowest BCUT2D eigenvalue weighted by atomic mass is 10.3. The van der Waals surface area contributed by atoms with Gasteiger partial charge in [0.15, 0.2) is 0 Å². The lowest BCUT2D eigenvalue weighted by Gasteiger charge is -2.15. The van der Waals surface area contributed by atoms with Crippen LogP contribution in [-0.2, 0) is 6.54 Å². The summed E-state index contributed by atoms with van der Waals surface area (Å²) in [7, 11) is 1.97. The molecule has 2 heterocycles. The number of hydrogen-bond acceptors (Lipinski definition) is 2. The minimum absolute atomic E-state index is 0.903. The molecule has 0 aliphatic carbocycles. The van der Waals surface area contributed by atoms with Gasteiger partial charge in [-0.1, -0.05) is 11.2 Å². The zero-order valence-electron chi connectivity index (χ0n) is 7.36. The second kappa shape index (κ2) is 2.59. The largest absolute Gasteiger partial charge is 0.301 e. The summed E-state index contributed by atoms with van der Waals surface area (Å²) < 4.78 is 2.18. The van der Waals surface area contributed by atoms with Gasteiger partial charge < -0.3 is 0 Å². The average Bonchev–Trinajstić information content (AvgIpc) is 2.04. The minimum Gasteiger partial charge on any atom is -0.227 e. The number of nitrogens with zero attached hydrogens (tertiary/aromatic N) is 3. The number of pyridine rings is 1. The highest BCUT2D eigenvalue weighted by Gasteiger charge is 2.19. The molecule has 0 saturated heterocycles. The molecule has 1 aliphatic heterocycles. The Morgan fingerprint density at radius 3 is 3.17 bits per heavy atom. The maximum absolute atomic E-state index is 4.35. The summed E-state index contributed by atoms with van der Waals surface area (Å²) in [5.74, 6) is 1.14. The van der Waals surface area contributed by atoms with E-state index < -0.39 is 0 Å². The molecule has 0 atom stereocenters. The summed E-state index contributed by atoms with van der Waals surface area (Å²) in [5, 5.41) is 6.25. The van der Waals surface area contributed by atoms with Crippen LogP contribution in [0.2, 0.25) is 0 Å². The standard InChI is InChI=1S/C9H12N3/c1-8-7-12-6-4-3-5-9(12)11(2)10-8/h3-6H,7H2,1-2H3/q+1. The molecule has 0 fully saturated rings. The average molecular weight is 162 g/mol. The lowest BCUT2D eigenvalue weighted by molar-refractivity contribution is -0.671. The van der Waals surface area contributed by atoms with Crippen molar-refractivity contribution in [3.8, 4) is 0 Å². The molecule has 1 aromatic rings. The summed E-state index contributed by atoms with van der Waals surface area (Å²) in [6, 6.07) is 6.13. The molecule has 0 bridgehead atoms. The van der Waals surface area contributed by atoms with Gasteiger partial charge in [0.2, 0.25) is 0 Å². The van der Waals surface area contributed by atoms with E-state index >= 15 is 0 Å². The first kappa shape index (κ1) is 7.28. The van der Waals surface area contributed by atoms with E-state index in [-0.39, 0.29) is 0 Å². The SMILES string of the molecule is CC1=NN(C)c2cccc[n+]2C1. The summed E-state index contributed by atoms with van der Waals surface area (Å²) in [5.41, 5.74) is 1.14. The number of anilines is 1. The van der Waals surface area contributed by atoms with Crippen LogP contribution in [0, 0.1) is 0 Å². The molecule has 12 heavy (non-hydrogen) atoms. The van der Waals surface area contributed by atoms with Crippen molar-refractivity contribution in [1.29, 1.82) is 0 Å². The Morgan fingerprint density at radius 1 is 1.50 bits per heavy atom. The highest BCUT2D eigenvalue weighted by atomic mass is 15.5. The molecule has 3 heteroatoms. The lowest BCUT2D eigenvalue weighted by Crippen LogP contribution is -2.45. The van der Waals surface area contributed by atoms with E-state index in [9.17, 15) is 0 Å². The van der Waals surface area contributed by atoms with Crippen molar-refractivity contribution in [2.75, 3.05) is 12.1 Å². The molecule has 3 nitrogen and oxygen atoms in total. The quantitative estimate of drug-likeness (QED) is 0.516. The number of hydrazone groups is 1. The van der Waals surface area contributed by atoms with Crippen LogP contribution in [-0.4, -0.2) is 12.8 Å². The number of aromatic nitrogens is 1. The van der Waals surface area contributed by atoms with E-state index in [0.717, 1.165) is 18.1 Å². The third kappa shape index (κ3) is 1.07. The van der Waals surface area contributed by atoms with Crippen LogP contribution in [0.25, 0.3) is 0 Å². The van der Waals surface area contributed by atoms with Gasteiger partial charge in [0, 0.05) is 6.07 Å². The molecule has 2 rings (SSSR count). The molecular formula is C9H12N3+. The highest BCUT2D eigenvalue weighted by molar-refractivity contribution is 5.82. The predicted octanol–water partition coefficient (Wildman–Crippen LogP) is 0.800. The zero-order valence-corrected chi connectivity index (χ0v) is 7.36. The zero-order chi connectivity index (χ0) is 8.55. The second-order valence-electron chi connectivity index (χ2n) is 3.05. The van der Waals surface area contributed by atoms with Gasteiger partial charge in [0.05, 0.1) is 11.9 Å². The summed E-state index contributed by atoms with van der Waals surface area (Å²) in [4.78, 5) is 0. The van der Waals surface area contributed by atoms with Crippen molar-refractivity contribution < 1.29 is 4.57 Å². The number of hydrogen-bond donors (Lipinski definition) is 0. The van der Waals surface area contributed by atoms with Gasteiger partial charge in [-0.15, -0.1) is 5.01 Å². The van der Waals surface area contributed by atoms with Crippen LogP contribution >= 0.6 is 0 Å². The molecule has 0 saturated carbocycles. The Hall–Kier alpha value is -1.38. The van der Waals surface area contributed by atoms with Gasteiger partial charge in [0.1, 0.15) is 13.6 Å². The Balaban J connectivity index is 2.48. The van der Waals surface area contributed by atoms with Crippen LogP contribution in [0.4, 0.5) is 5.82 Å². The van der Waals surface area contributed by atoms with Crippen LogP contribution in [0.1, 0.15) is 6.92 Å². The fourth-order valence-electron chi connectivity index (χ4n) is 1.48. The molecular weight excluding hydrogens is 150 g/mol. The van der Waals surface area contributed by atoms with E-state index in [1.165, 1.54) is 0 Å². The van der Waals surface area contributed by atoms with Crippen molar-refractivity contribution >= 4 is 11.5 Å². The smallest absolute Gasteiger partial charge is 0.227 e. The molecule has 0 radical (unpaired) electrons. The maximum atomic E-state index is 4.35. The van der Waals surface area contributed by atoms with Crippen LogP contribution in [0.15, 0.2) is 29.5 Å². The number of rotatable bonds is 0. The van der Waals surface area contributed by atoms with E-state index in [0.29, 0.717) is 0 Å². The molecule has 0 aromatic carbocycles. The van der Waals surface area contributed by atoms with Crippen molar-refractivity contribution in [3.05, 3.63) is 24.4 Å². The number of fused-ring (bicyclic) bond motifs is 1. The van der Waals surface area contributed by atoms with Crippen LogP contribution in [0.5, 0.6) is 0 Å². The van der Waals surface area contributed by atoms with Gasteiger partial charge in [-0.2, -0.15) is 0 Å². The normalized spacial score (nSPS) is 15.5. The Labute approximate surface area is 71.9 Å². The third-order valence-electron chi connectivity index (χ3n) is 1.97. The first-order valence-corrected chi connectivity index (χ1v) is 4.03. The molecule has 0 N–H and O–H groups in total. The topological polar surface area (TPSA) is 19.5 Å². The maximum Gasteiger partial charge on any atom is 0.301 e. The fourth-order valence-corrected chi connectivity index (χ4v) is 1.48. The molecule has 1 aliphatic rings. The van der Waals surface area contributed by atoms with Crippen LogP contribution in [0.3, 0.4) is 0 Å². The van der Waals surface area contributed by atoms with E-state index in [1.807, 2.05) is 31.1 Å². The summed E-state index contributed by atoms with van der Waals surface area (Å²) >= 11 is 0. The van der Waals surface area contributed by atoms with Crippen molar-refractivity contribution in [1.82, 2.24) is 0 Å². The second-order valence-corrected chi connectivity index (χ2v) is 3.05. The van der Waals surface area contributed by atoms with Gasteiger partial charge in [-0.05, 0) is 13.0 Å². The Bertz CT molecular complexity index is 330. The van der Waals surface area contributed by atoms with Crippen LogP contribution < -0.4 is 9.58 Å². The third-order valence-corrected chi connectivity index (χ3v) is 1.97. The fraction of sp³-hybridized carbons (Fsp3) is 0.333. The van der Waals surface area contributed by atoms with E-state index in [2.05, 4.69) is 21.9 Å². The van der Waals surface area contributed by atoms with Gasteiger partial charge >= 0.3 is 5.82 Å². The van der Waals surface area contributed by atoms with Crippen molar-refractivity contribution in [2.45, 2.75) is 13.5 Å². The summed E-state index contributed by atoms with van der Waals surface area (Å²) in [6.45, 7) is 2.94. The molecule has 0 spiro atoms. The minimum atomic E-state index is 0.903. The molecule has 0 unspecified atom stereocenters. The predicted molar refractivity (Wildman–Crippen MR) is 48.1 cm³/mol. The van der Waals surface area contributed by atoms with E-state index in [1.54, 1.807) is 0 Å². The molecule has 0 amide bonds. The summed E-state index contributed by atoms with van der Waals surface area (Å²) in [6.07, 6.45) is 2.07. The van der Waals surface area contributed by atoms with Crippen molar-refractivity contribution in [3.63, 3.8) is 0 Å². The van der Waals surface area contributed by atoms with Crippen molar-refractivity contribution in [2.24, 2.45) is 5.10 Å².